The first-order valence-electron chi connectivity index (χ1n) is 9.94. The van der Waals surface area contributed by atoms with Crippen LogP contribution in [0.2, 0.25) is 0 Å². The number of ether oxygens (including phenoxy) is 2. The Morgan fingerprint density at radius 3 is 2.56 bits per heavy atom. The molecule has 1 aliphatic heterocycles. The molecule has 160 valence electrons. The minimum absolute atomic E-state index is 0.228. The van der Waals surface area contributed by atoms with Gasteiger partial charge in [-0.1, -0.05) is 18.2 Å². The van der Waals surface area contributed by atoms with Crippen LogP contribution in [0.4, 0.5) is 17.6 Å². The molecule has 10 heteroatoms. The van der Waals surface area contributed by atoms with Crippen molar-refractivity contribution in [3.05, 3.63) is 71.5 Å². The largest absolute Gasteiger partial charge is 0.454 e. The summed E-state index contributed by atoms with van der Waals surface area (Å²) in [6.07, 6.45) is 1.65. The highest BCUT2D eigenvalue weighted by atomic mass is 16.7. The van der Waals surface area contributed by atoms with E-state index >= 15 is 0 Å². The molecule has 3 heterocycles. The van der Waals surface area contributed by atoms with Crippen molar-refractivity contribution in [1.29, 1.82) is 0 Å². The zero-order valence-electron chi connectivity index (χ0n) is 17.5. The Morgan fingerprint density at radius 1 is 0.938 bits per heavy atom. The van der Waals surface area contributed by atoms with E-state index in [-0.39, 0.29) is 12.7 Å². The molecule has 0 unspecified atom stereocenters. The van der Waals surface area contributed by atoms with Crippen LogP contribution >= 0.6 is 0 Å². The van der Waals surface area contributed by atoms with Crippen LogP contribution in [0.25, 0.3) is 5.95 Å². The van der Waals surface area contributed by atoms with Gasteiger partial charge in [0.05, 0.1) is 11.9 Å². The van der Waals surface area contributed by atoms with E-state index in [1.807, 2.05) is 68.4 Å². The minimum Gasteiger partial charge on any atom is -0.454 e. The van der Waals surface area contributed by atoms with Gasteiger partial charge in [-0.3, -0.25) is 0 Å². The molecule has 0 atom stereocenters. The number of aryl methyl sites for hydroxylation is 2. The second-order valence-corrected chi connectivity index (χ2v) is 7.10. The predicted molar refractivity (Wildman–Crippen MR) is 120 cm³/mol. The van der Waals surface area contributed by atoms with Crippen LogP contribution < -0.4 is 20.2 Å². The zero-order valence-corrected chi connectivity index (χ0v) is 17.5. The average molecular weight is 428 g/mol. The molecular weight excluding hydrogens is 408 g/mol. The number of rotatable bonds is 6. The summed E-state index contributed by atoms with van der Waals surface area (Å²) in [6, 6.07) is 17.2. The highest BCUT2D eigenvalue weighted by Crippen LogP contribution is 2.32. The van der Waals surface area contributed by atoms with Gasteiger partial charge in [0.1, 0.15) is 0 Å². The van der Waals surface area contributed by atoms with Gasteiger partial charge in [-0.2, -0.15) is 25.2 Å². The third-order valence-corrected chi connectivity index (χ3v) is 4.63. The molecule has 0 bridgehead atoms. The molecule has 5 rings (SSSR count). The number of nitrogens with one attached hydrogen (secondary N) is 2. The van der Waals surface area contributed by atoms with Crippen molar-refractivity contribution in [2.45, 2.75) is 13.8 Å². The summed E-state index contributed by atoms with van der Waals surface area (Å²) in [4.78, 5) is 13.4. The Bertz CT molecular complexity index is 1290. The Labute approximate surface area is 184 Å². The lowest BCUT2D eigenvalue weighted by molar-refractivity contribution is 0.174. The fourth-order valence-electron chi connectivity index (χ4n) is 3.21. The van der Waals surface area contributed by atoms with Gasteiger partial charge in [0.25, 0.3) is 5.95 Å². The van der Waals surface area contributed by atoms with Crippen molar-refractivity contribution < 1.29 is 9.47 Å². The molecule has 0 fully saturated rings. The van der Waals surface area contributed by atoms with Crippen LogP contribution in [-0.4, -0.2) is 37.7 Å². The van der Waals surface area contributed by atoms with Gasteiger partial charge < -0.3 is 14.8 Å². The van der Waals surface area contributed by atoms with Crippen LogP contribution in [0, 0.1) is 13.8 Å². The van der Waals surface area contributed by atoms with E-state index in [1.165, 1.54) is 0 Å². The summed E-state index contributed by atoms with van der Waals surface area (Å²) in [7, 11) is 0. The van der Waals surface area contributed by atoms with Crippen LogP contribution in [0.15, 0.2) is 59.7 Å². The summed E-state index contributed by atoms with van der Waals surface area (Å²) in [6.45, 7) is 4.09. The van der Waals surface area contributed by atoms with Gasteiger partial charge in [-0.05, 0) is 55.8 Å². The van der Waals surface area contributed by atoms with Gasteiger partial charge in [0, 0.05) is 11.4 Å². The van der Waals surface area contributed by atoms with Gasteiger partial charge >= 0.3 is 0 Å². The zero-order chi connectivity index (χ0) is 21.9. The molecule has 0 saturated carbocycles. The number of fused-ring (bicyclic) bond motifs is 1. The van der Waals surface area contributed by atoms with Crippen molar-refractivity contribution in [2.24, 2.45) is 5.10 Å². The Balaban J connectivity index is 1.43. The van der Waals surface area contributed by atoms with Gasteiger partial charge in [-0.25, -0.2) is 10.1 Å². The molecule has 2 N–H and O–H groups in total. The molecule has 0 aliphatic carbocycles. The Morgan fingerprint density at radius 2 is 1.75 bits per heavy atom. The van der Waals surface area contributed by atoms with Crippen LogP contribution in [0.3, 0.4) is 0 Å². The van der Waals surface area contributed by atoms with Crippen LogP contribution in [0.5, 0.6) is 11.5 Å². The number of hydrogen-bond donors (Lipinski definition) is 2. The molecule has 0 spiro atoms. The van der Waals surface area contributed by atoms with Crippen LogP contribution in [0.1, 0.15) is 17.0 Å². The van der Waals surface area contributed by atoms with Crippen molar-refractivity contribution >= 4 is 23.8 Å². The van der Waals surface area contributed by atoms with Gasteiger partial charge in [-0.15, -0.1) is 0 Å². The molecule has 32 heavy (non-hydrogen) atoms. The van der Waals surface area contributed by atoms with Gasteiger partial charge in [0.15, 0.2) is 11.5 Å². The molecule has 1 aliphatic rings. The summed E-state index contributed by atoms with van der Waals surface area (Å²) in [5, 5.41) is 11.9. The second kappa shape index (κ2) is 8.34. The summed E-state index contributed by atoms with van der Waals surface area (Å²) < 4.78 is 12.4. The minimum atomic E-state index is 0.228. The van der Waals surface area contributed by atoms with Crippen LogP contribution in [-0.2, 0) is 0 Å². The molecule has 10 nitrogen and oxygen atoms in total. The number of benzene rings is 2. The Hall–Kier alpha value is -4.47. The number of aromatic nitrogens is 5. The first kappa shape index (κ1) is 19.5. The summed E-state index contributed by atoms with van der Waals surface area (Å²) in [5.41, 5.74) is 6.36. The fraction of sp³-hybridized carbons (Fsp3) is 0.136. The lowest BCUT2D eigenvalue weighted by atomic mass is 10.2. The normalized spacial score (nSPS) is 12.3. The third kappa shape index (κ3) is 4.19. The van der Waals surface area contributed by atoms with Crippen molar-refractivity contribution in [2.75, 3.05) is 17.5 Å². The first-order chi connectivity index (χ1) is 15.6. The number of anilines is 3. The lowest BCUT2D eigenvalue weighted by Crippen LogP contribution is -2.11. The number of nitrogens with zero attached hydrogens (tertiary/aromatic N) is 6. The van der Waals surface area contributed by atoms with Crippen molar-refractivity contribution in [3.63, 3.8) is 0 Å². The third-order valence-electron chi connectivity index (χ3n) is 4.63. The predicted octanol–water partition coefficient (Wildman–Crippen LogP) is 3.59. The topological polar surface area (TPSA) is 111 Å². The van der Waals surface area contributed by atoms with Gasteiger partial charge in [0.2, 0.25) is 18.7 Å². The summed E-state index contributed by atoms with van der Waals surface area (Å²) >= 11 is 0. The highest BCUT2D eigenvalue weighted by Gasteiger charge is 2.13. The Kier molecular flexibility index (Phi) is 5.08. The SMILES string of the molecule is Cc1cc(C)n(-c2nc(N/N=C\c3ccc4c(c3)OCO4)nc(Nc3ccccc3)n2)n1. The molecule has 2 aromatic heterocycles. The fourth-order valence-corrected chi connectivity index (χ4v) is 3.21. The molecule has 0 saturated heterocycles. The standard InChI is InChI=1S/C22H20N8O2/c1-14-10-15(2)30(29-14)22-26-20(24-17-6-4-3-5-7-17)25-21(27-22)28-23-12-16-8-9-18-19(11-16)32-13-31-18/h3-12H,13H2,1-2H3,(H2,24,25,26,27,28)/b23-12-. The quantitative estimate of drug-likeness (QED) is 0.354. The highest BCUT2D eigenvalue weighted by molar-refractivity contribution is 5.81. The molecule has 4 aromatic rings. The lowest BCUT2D eigenvalue weighted by Gasteiger charge is -2.09. The smallest absolute Gasteiger partial charge is 0.257 e. The maximum atomic E-state index is 5.40. The molecule has 2 aromatic carbocycles. The van der Waals surface area contributed by atoms with E-state index in [1.54, 1.807) is 10.9 Å². The number of para-hydroxylation sites is 1. The number of hydrazone groups is 1. The molecular formula is C22H20N8O2. The van der Waals surface area contributed by atoms with E-state index in [0.717, 1.165) is 28.4 Å². The molecule has 0 radical (unpaired) electrons. The number of hydrogen-bond acceptors (Lipinski definition) is 9. The second-order valence-electron chi connectivity index (χ2n) is 7.10. The van der Waals surface area contributed by atoms with E-state index < -0.39 is 0 Å². The van der Waals surface area contributed by atoms with E-state index in [9.17, 15) is 0 Å². The molecule has 0 amide bonds. The summed E-state index contributed by atoms with van der Waals surface area (Å²) in [5.74, 6) is 2.44. The monoisotopic (exact) mass is 428 g/mol. The van der Waals surface area contributed by atoms with E-state index in [0.29, 0.717) is 17.6 Å². The average Bonchev–Trinajstić information content (AvgIpc) is 3.39. The van der Waals surface area contributed by atoms with Crippen molar-refractivity contribution in [1.82, 2.24) is 24.7 Å². The first-order valence-corrected chi connectivity index (χ1v) is 9.94. The maximum absolute atomic E-state index is 5.40. The maximum Gasteiger partial charge on any atom is 0.257 e. The van der Waals surface area contributed by atoms with E-state index in [2.05, 4.69) is 35.9 Å². The van der Waals surface area contributed by atoms with Crippen molar-refractivity contribution in [3.8, 4) is 17.4 Å². The van der Waals surface area contributed by atoms with E-state index in [4.69, 9.17) is 9.47 Å².